The Bertz CT molecular complexity index is 887. The molecule has 8 nitrogen and oxygen atoms in total. The fourth-order valence-corrected chi connectivity index (χ4v) is 2.77. The van der Waals surface area contributed by atoms with Crippen molar-refractivity contribution in [2.24, 2.45) is 0 Å². The van der Waals surface area contributed by atoms with E-state index < -0.39 is 33.2 Å². The molecule has 0 saturated carbocycles. The summed E-state index contributed by atoms with van der Waals surface area (Å²) >= 11 is 0.701. The molecule has 0 bridgehead atoms. The van der Waals surface area contributed by atoms with Crippen molar-refractivity contribution in [3.05, 3.63) is 68.3 Å². The third-order valence-electron chi connectivity index (χ3n) is 3.20. The number of nitro groups is 2. The monoisotopic (exact) mass is 401 g/mol. The Morgan fingerprint density at radius 1 is 1.04 bits per heavy atom. The minimum Gasteiger partial charge on any atom is -0.325 e. The zero-order chi connectivity index (χ0) is 20.2. The predicted octanol–water partition coefficient (Wildman–Crippen LogP) is 4.25. The van der Waals surface area contributed by atoms with Crippen LogP contribution in [-0.2, 0) is 11.0 Å². The third-order valence-corrected chi connectivity index (χ3v) is 4.27. The van der Waals surface area contributed by atoms with Gasteiger partial charge in [-0.25, -0.2) is 0 Å². The highest BCUT2D eigenvalue weighted by molar-refractivity contribution is 8.00. The fraction of sp³-hybridized carbons (Fsp3) is 0.133. The summed E-state index contributed by atoms with van der Waals surface area (Å²) in [4.78, 5) is 31.8. The van der Waals surface area contributed by atoms with Crippen molar-refractivity contribution in [3.63, 3.8) is 0 Å². The van der Waals surface area contributed by atoms with Crippen LogP contribution >= 0.6 is 11.8 Å². The van der Waals surface area contributed by atoms with E-state index in [2.05, 4.69) is 5.32 Å². The maximum atomic E-state index is 12.7. The third kappa shape index (κ3) is 5.41. The molecule has 0 unspecified atom stereocenters. The molecule has 0 aromatic heterocycles. The number of amides is 1. The van der Waals surface area contributed by atoms with Gasteiger partial charge in [-0.3, -0.25) is 25.0 Å². The number of anilines is 1. The zero-order valence-corrected chi connectivity index (χ0v) is 14.0. The van der Waals surface area contributed by atoms with Gasteiger partial charge in [-0.15, -0.1) is 11.8 Å². The Balaban J connectivity index is 2.06. The van der Waals surface area contributed by atoms with Gasteiger partial charge >= 0.3 is 6.18 Å². The molecular weight excluding hydrogens is 391 g/mol. The smallest absolute Gasteiger partial charge is 0.325 e. The number of halogens is 3. The van der Waals surface area contributed by atoms with E-state index in [1.54, 1.807) is 0 Å². The summed E-state index contributed by atoms with van der Waals surface area (Å²) in [6.45, 7) is 0. The lowest BCUT2D eigenvalue weighted by molar-refractivity contribution is -0.388. The molecule has 0 saturated heterocycles. The van der Waals surface area contributed by atoms with Gasteiger partial charge in [-0.2, -0.15) is 13.2 Å². The van der Waals surface area contributed by atoms with Crippen molar-refractivity contribution in [1.29, 1.82) is 0 Å². The molecule has 0 aliphatic heterocycles. The number of carbonyl (C=O) groups is 1. The van der Waals surface area contributed by atoms with Crippen LogP contribution in [0.2, 0.25) is 0 Å². The minimum atomic E-state index is -4.72. The van der Waals surface area contributed by atoms with Crippen LogP contribution in [0.25, 0.3) is 0 Å². The van der Waals surface area contributed by atoms with Crippen LogP contribution < -0.4 is 5.32 Å². The summed E-state index contributed by atoms with van der Waals surface area (Å²) in [6.07, 6.45) is -4.72. The van der Waals surface area contributed by atoms with Gasteiger partial charge in [0, 0.05) is 23.9 Å². The Morgan fingerprint density at radius 2 is 1.67 bits per heavy atom. The molecule has 0 atom stereocenters. The van der Waals surface area contributed by atoms with Gasteiger partial charge in [0.2, 0.25) is 5.91 Å². The number of benzene rings is 2. The second-order valence-electron chi connectivity index (χ2n) is 5.08. The highest BCUT2D eigenvalue weighted by atomic mass is 32.2. The SMILES string of the molecule is O=C(CSc1ccc(C(F)(F)F)cc1[N+](=O)[O-])Nc1ccc([N+](=O)[O-])cc1. The van der Waals surface area contributed by atoms with Crippen molar-refractivity contribution in [3.8, 4) is 0 Å². The molecule has 0 heterocycles. The zero-order valence-electron chi connectivity index (χ0n) is 13.2. The van der Waals surface area contributed by atoms with Gasteiger partial charge in [0.05, 0.1) is 26.1 Å². The number of nitrogens with one attached hydrogen (secondary N) is 1. The maximum Gasteiger partial charge on any atom is 0.416 e. The van der Waals surface area contributed by atoms with Crippen LogP contribution in [-0.4, -0.2) is 21.5 Å². The van der Waals surface area contributed by atoms with E-state index in [0.717, 1.165) is 6.07 Å². The van der Waals surface area contributed by atoms with Gasteiger partial charge in [-0.1, -0.05) is 0 Å². The average molecular weight is 401 g/mol. The van der Waals surface area contributed by atoms with Gasteiger partial charge in [0.1, 0.15) is 0 Å². The number of alkyl halides is 3. The first-order valence-electron chi connectivity index (χ1n) is 7.10. The summed E-state index contributed by atoms with van der Waals surface area (Å²) in [5.74, 6) is -0.883. The first kappa shape index (κ1) is 20.2. The van der Waals surface area contributed by atoms with Crippen molar-refractivity contribution in [1.82, 2.24) is 0 Å². The second-order valence-corrected chi connectivity index (χ2v) is 6.10. The van der Waals surface area contributed by atoms with Crippen LogP contribution in [0.3, 0.4) is 0 Å². The van der Waals surface area contributed by atoms with E-state index in [1.807, 2.05) is 0 Å². The highest BCUT2D eigenvalue weighted by Gasteiger charge is 2.33. The Hall–Kier alpha value is -3.15. The maximum absolute atomic E-state index is 12.7. The molecule has 2 aromatic carbocycles. The quantitative estimate of drug-likeness (QED) is 0.439. The van der Waals surface area contributed by atoms with Crippen LogP contribution in [0.4, 0.5) is 30.2 Å². The van der Waals surface area contributed by atoms with E-state index in [0.29, 0.717) is 23.9 Å². The molecule has 0 aliphatic rings. The highest BCUT2D eigenvalue weighted by Crippen LogP contribution is 2.36. The molecule has 1 amide bonds. The van der Waals surface area contributed by atoms with Crippen LogP contribution in [0.5, 0.6) is 0 Å². The second kappa shape index (κ2) is 8.03. The summed E-state index contributed by atoms with van der Waals surface area (Å²) in [5.41, 5.74) is -1.80. The molecule has 0 fully saturated rings. The Kier molecular flexibility index (Phi) is 6.00. The average Bonchev–Trinajstić information content (AvgIpc) is 2.59. The lowest BCUT2D eigenvalue weighted by Gasteiger charge is -2.09. The molecule has 142 valence electrons. The van der Waals surface area contributed by atoms with E-state index in [9.17, 15) is 38.2 Å². The topological polar surface area (TPSA) is 115 Å². The molecule has 0 aliphatic carbocycles. The van der Waals surface area contributed by atoms with Crippen LogP contribution in [0, 0.1) is 20.2 Å². The van der Waals surface area contributed by atoms with Crippen molar-refractivity contribution >= 4 is 34.7 Å². The molecule has 1 N–H and O–H groups in total. The van der Waals surface area contributed by atoms with E-state index >= 15 is 0 Å². The van der Waals surface area contributed by atoms with E-state index in [1.165, 1.54) is 24.3 Å². The van der Waals surface area contributed by atoms with Gasteiger partial charge in [0.25, 0.3) is 11.4 Å². The molecule has 0 spiro atoms. The first-order chi connectivity index (χ1) is 12.6. The number of hydrogen-bond acceptors (Lipinski definition) is 6. The summed E-state index contributed by atoms with van der Waals surface area (Å²) < 4.78 is 38.0. The fourth-order valence-electron chi connectivity index (χ4n) is 1.97. The lowest BCUT2D eigenvalue weighted by atomic mass is 10.2. The summed E-state index contributed by atoms with van der Waals surface area (Å²) in [5, 5.41) is 24.0. The number of rotatable bonds is 6. The molecular formula is C15H10F3N3O5S. The molecule has 27 heavy (non-hydrogen) atoms. The predicted molar refractivity (Wildman–Crippen MR) is 90.5 cm³/mol. The van der Waals surface area contributed by atoms with E-state index in [-0.39, 0.29) is 22.0 Å². The molecule has 2 rings (SSSR count). The molecule has 12 heteroatoms. The summed E-state index contributed by atoms with van der Waals surface area (Å²) in [6, 6.07) is 7.03. The number of carbonyl (C=O) groups excluding carboxylic acids is 1. The van der Waals surface area contributed by atoms with Crippen molar-refractivity contribution in [2.45, 2.75) is 11.1 Å². The van der Waals surface area contributed by atoms with Gasteiger partial charge in [-0.05, 0) is 24.3 Å². The standard InChI is InChI=1S/C15H10F3N3O5S/c16-15(17,18)9-1-6-13(12(7-9)21(25)26)27-8-14(22)19-10-2-4-11(5-3-10)20(23)24/h1-7H,8H2,(H,19,22). The number of nitrogens with zero attached hydrogens (tertiary/aromatic N) is 2. The van der Waals surface area contributed by atoms with Crippen LogP contribution in [0.1, 0.15) is 5.56 Å². The Morgan fingerprint density at radius 3 is 2.19 bits per heavy atom. The minimum absolute atomic E-state index is 0.0909. The number of non-ortho nitro benzene ring substituents is 1. The van der Waals surface area contributed by atoms with Crippen molar-refractivity contribution in [2.75, 3.05) is 11.1 Å². The number of hydrogen-bond donors (Lipinski definition) is 1. The van der Waals surface area contributed by atoms with Crippen LogP contribution in [0.15, 0.2) is 47.4 Å². The first-order valence-corrected chi connectivity index (χ1v) is 8.09. The molecule has 2 aromatic rings. The number of nitro benzene ring substituents is 2. The normalized spacial score (nSPS) is 11.1. The van der Waals surface area contributed by atoms with Crippen molar-refractivity contribution < 1.29 is 27.8 Å². The Labute approximate surface area is 153 Å². The van der Waals surface area contributed by atoms with E-state index in [4.69, 9.17) is 0 Å². The largest absolute Gasteiger partial charge is 0.416 e. The number of thioether (sulfide) groups is 1. The molecule has 0 radical (unpaired) electrons. The van der Waals surface area contributed by atoms with Gasteiger partial charge < -0.3 is 5.32 Å². The summed E-state index contributed by atoms with van der Waals surface area (Å²) in [7, 11) is 0. The lowest BCUT2D eigenvalue weighted by Crippen LogP contribution is -2.14. The van der Waals surface area contributed by atoms with Gasteiger partial charge in [0.15, 0.2) is 0 Å².